The highest BCUT2D eigenvalue weighted by atomic mass is 35.5. The molecule has 2 aromatic rings. The lowest BCUT2D eigenvalue weighted by Gasteiger charge is -2.23. The molecule has 2 N–H and O–H groups in total. The fraction of sp³-hybridized carbons (Fsp3) is 0.368. The highest BCUT2D eigenvalue weighted by Crippen LogP contribution is 2.28. The molecule has 0 aliphatic rings. The summed E-state index contributed by atoms with van der Waals surface area (Å²) in [6, 6.07) is 15.4. The average Bonchev–Trinajstić information content (AvgIpc) is 2.51. The number of aliphatic hydroxyl groups excluding tert-OH is 1. The van der Waals surface area contributed by atoms with Crippen molar-refractivity contribution in [3.8, 4) is 5.75 Å². The minimum Gasteiger partial charge on any atom is -0.489 e. The maximum absolute atomic E-state index is 10.3. The van der Waals surface area contributed by atoms with Crippen LogP contribution in [0.3, 0.4) is 0 Å². The van der Waals surface area contributed by atoms with E-state index >= 15 is 0 Å². The van der Waals surface area contributed by atoms with Crippen LogP contribution in [-0.2, 0) is 6.61 Å². The predicted octanol–water partition coefficient (Wildman–Crippen LogP) is 4.34. The highest BCUT2D eigenvalue weighted by Gasteiger charge is 2.16. The number of hydrogen-bond acceptors (Lipinski definition) is 3. The van der Waals surface area contributed by atoms with Crippen molar-refractivity contribution in [3.05, 3.63) is 64.7 Å². The number of nitrogens with one attached hydrogen (secondary N) is 1. The van der Waals surface area contributed by atoms with E-state index in [0.29, 0.717) is 29.5 Å². The zero-order valence-electron chi connectivity index (χ0n) is 13.8. The van der Waals surface area contributed by atoms with Gasteiger partial charge in [0.2, 0.25) is 0 Å². The Balaban J connectivity index is 1.97. The number of aliphatic hydroxyl groups is 1. The Morgan fingerprint density at radius 3 is 2.43 bits per heavy atom. The summed E-state index contributed by atoms with van der Waals surface area (Å²) in [4.78, 5) is 0. The number of benzene rings is 2. The van der Waals surface area contributed by atoms with Gasteiger partial charge >= 0.3 is 0 Å². The Morgan fingerprint density at radius 2 is 1.83 bits per heavy atom. The Hall–Kier alpha value is -1.55. The zero-order valence-corrected chi connectivity index (χ0v) is 14.6. The molecule has 0 saturated carbocycles. The standard InChI is InChI=1S/C19H24ClNO2/c1-19(2,3)21-12-18(22)16-10-9-15(11-17(16)20)23-13-14-7-5-4-6-8-14/h4-11,18,21-22H,12-13H2,1-3H3. The minimum atomic E-state index is -0.648. The van der Waals surface area contributed by atoms with E-state index in [1.54, 1.807) is 6.07 Å². The van der Waals surface area contributed by atoms with Gasteiger partial charge in [-0.1, -0.05) is 48.0 Å². The second-order valence-corrected chi connectivity index (χ2v) is 7.01. The monoisotopic (exact) mass is 333 g/mol. The lowest BCUT2D eigenvalue weighted by atomic mass is 10.1. The van der Waals surface area contributed by atoms with Gasteiger partial charge < -0.3 is 15.2 Å². The molecule has 0 radical (unpaired) electrons. The quantitative estimate of drug-likeness (QED) is 0.826. The molecule has 0 fully saturated rings. The van der Waals surface area contributed by atoms with E-state index in [0.717, 1.165) is 5.56 Å². The average molecular weight is 334 g/mol. The third kappa shape index (κ3) is 5.87. The molecule has 0 heterocycles. The molecule has 1 atom stereocenters. The van der Waals surface area contributed by atoms with Gasteiger partial charge in [0, 0.05) is 17.6 Å². The van der Waals surface area contributed by atoms with E-state index in [1.165, 1.54) is 0 Å². The third-order valence-corrected chi connectivity index (χ3v) is 3.73. The summed E-state index contributed by atoms with van der Waals surface area (Å²) in [7, 11) is 0. The van der Waals surface area contributed by atoms with Crippen LogP contribution in [0, 0.1) is 0 Å². The first-order chi connectivity index (χ1) is 10.8. The van der Waals surface area contributed by atoms with E-state index in [1.807, 2.05) is 42.5 Å². The molecule has 124 valence electrons. The van der Waals surface area contributed by atoms with Crippen LogP contribution in [0.5, 0.6) is 5.75 Å². The van der Waals surface area contributed by atoms with Gasteiger partial charge in [-0.25, -0.2) is 0 Å². The van der Waals surface area contributed by atoms with E-state index in [-0.39, 0.29) is 5.54 Å². The zero-order chi connectivity index (χ0) is 16.9. The van der Waals surface area contributed by atoms with Gasteiger partial charge in [0.15, 0.2) is 0 Å². The first-order valence-electron chi connectivity index (χ1n) is 7.74. The molecule has 23 heavy (non-hydrogen) atoms. The van der Waals surface area contributed by atoms with Gasteiger partial charge in [0.05, 0.1) is 11.1 Å². The summed E-state index contributed by atoms with van der Waals surface area (Å²) < 4.78 is 5.74. The number of hydrogen-bond donors (Lipinski definition) is 2. The van der Waals surface area contributed by atoms with Gasteiger partial charge in [0.1, 0.15) is 12.4 Å². The number of halogens is 1. The maximum Gasteiger partial charge on any atom is 0.121 e. The van der Waals surface area contributed by atoms with Gasteiger partial charge in [-0.05, 0) is 38.5 Å². The first kappa shape index (κ1) is 17.8. The summed E-state index contributed by atoms with van der Waals surface area (Å²) in [6.07, 6.45) is -0.648. The van der Waals surface area contributed by atoms with Crippen LogP contribution in [0.15, 0.2) is 48.5 Å². The molecule has 1 unspecified atom stereocenters. The van der Waals surface area contributed by atoms with Gasteiger partial charge in [-0.15, -0.1) is 0 Å². The van der Waals surface area contributed by atoms with Crippen molar-refractivity contribution in [2.75, 3.05) is 6.54 Å². The van der Waals surface area contributed by atoms with Crippen LogP contribution < -0.4 is 10.1 Å². The Kier molecular flexibility index (Phi) is 6.05. The minimum absolute atomic E-state index is 0.0494. The Labute approximate surface area is 143 Å². The largest absolute Gasteiger partial charge is 0.489 e. The second-order valence-electron chi connectivity index (χ2n) is 6.60. The van der Waals surface area contributed by atoms with Crippen molar-refractivity contribution in [1.29, 1.82) is 0 Å². The summed E-state index contributed by atoms with van der Waals surface area (Å²) >= 11 is 6.29. The van der Waals surface area contributed by atoms with Gasteiger partial charge in [-0.2, -0.15) is 0 Å². The van der Waals surface area contributed by atoms with E-state index in [9.17, 15) is 5.11 Å². The molecule has 3 nitrogen and oxygen atoms in total. The summed E-state index contributed by atoms with van der Waals surface area (Å²) in [5.41, 5.74) is 1.75. The number of rotatable bonds is 6. The topological polar surface area (TPSA) is 41.5 Å². The van der Waals surface area contributed by atoms with Crippen molar-refractivity contribution in [3.63, 3.8) is 0 Å². The van der Waals surface area contributed by atoms with Crippen molar-refractivity contribution < 1.29 is 9.84 Å². The van der Waals surface area contributed by atoms with E-state index in [2.05, 4.69) is 26.1 Å². The van der Waals surface area contributed by atoms with Crippen molar-refractivity contribution in [1.82, 2.24) is 5.32 Å². The summed E-state index contributed by atoms with van der Waals surface area (Å²) in [5, 5.41) is 14.1. The maximum atomic E-state index is 10.3. The number of β-amino-alcohol motifs (C(OH)–C–C–N with tert-alkyl or cyclic N) is 1. The lowest BCUT2D eigenvalue weighted by Crippen LogP contribution is -2.38. The molecule has 4 heteroatoms. The molecular formula is C19H24ClNO2. The van der Waals surface area contributed by atoms with Crippen molar-refractivity contribution >= 4 is 11.6 Å². The number of ether oxygens (including phenoxy) is 1. The van der Waals surface area contributed by atoms with Gasteiger partial charge in [0.25, 0.3) is 0 Å². The van der Waals surface area contributed by atoms with Crippen molar-refractivity contribution in [2.24, 2.45) is 0 Å². The molecule has 0 aliphatic heterocycles. The third-order valence-electron chi connectivity index (χ3n) is 3.40. The van der Waals surface area contributed by atoms with E-state index < -0.39 is 6.10 Å². The fourth-order valence-electron chi connectivity index (χ4n) is 2.12. The molecule has 2 aromatic carbocycles. The highest BCUT2D eigenvalue weighted by molar-refractivity contribution is 6.31. The molecule has 0 saturated heterocycles. The molecule has 0 aliphatic carbocycles. The Bertz CT molecular complexity index is 623. The Morgan fingerprint density at radius 1 is 1.13 bits per heavy atom. The SMILES string of the molecule is CC(C)(C)NCC(O)c1ccc(OCc2ccccc2)cc1Cl. The van der Waals surface area contributed by atoms with Crippen LogP contribution in [0.4, 0.5) is 0 Å². The normalized spacial score (nSPS) is 12.9. The smallest absolute Gasteiger partial charge is 0.121 e. The van der Waals surface area contributed by atoms with E-state index in [4.69, 9.17) is 16.3 Å². The first-order valence-corrected chi connectivity index (χ1v) is 8.12. The summed E-state index contributed by atoms with van der Waals surface area (Å²) in [6.45, 7) is 7.11. The van der Waals surface area contributed by atoms with Crippen LogP contribution in [0.2, 0.25) is 5.02 Å². The fourth-order valence-corrected chi connectivity index (χ4v) is 2.42. The van der Waals surface area contributed by atoms with Crippen LogP contribution >= 0.6 is 11.6 Å². The molecule has 0 aromatic heterocycles. The lowest BCUT2D eigenvalue weighted by molar-refractivity contribution is 0.163. The molecular weight excluding hydrogens is 310 g/mol. The predicted molar refractivity (Wildman–Crippen MR) is 94.9 cm³/mol. The molecule has 0 bridgehead atoms. The molecule has 0 spiro atoms. The van der Waals surface area contributed by atoms with Crippen LogP contribution in [-0.4, -0.2) is 17.2 Å². The molecule has 0 amide bonds. The van der Waals surface area contributed by atoms with Crippen LogP contribution in [0.1, 0.15) is 38.0 Å². The van der Waals surface area contributed by atoms with Crippen molar-refractivity contribution in [2.45, 2.75) is 39.0 Å². The van der Waals surface area contributed by atoms with Crippen LogP contribution in [0.25, 0.3) is 0 Å². The molecule has 2 rings (SSSR count). The second kappa shape index (κ2) is 7.82. The van der Waals surface area contributed by atoms with Gasteiger partial charge in [-0.3, -0.25) is 0 Å². The summed E-state index contributed by atoms with van der Waals surface area (Å²) in [5.74, 6) is 0.693.